The van der Waals surface area contributed by atoms with E-state index in [2.05, 4.69) is 55.9 Å². The van der Waals surface area contributed by atoms with Gasteiger partial charge >= 0.3 is 6.09 Å². The average Bonchev–Trinajstić information content (AvgIpc) is 3.00. The number of carbonyl (C=O) groups excluding carboxylic acids is 1. The van der Waals surface area contributed by atoms with Crippen LogP contribution in [-0.4, -0.2) is 95.5 Å². The molecule has 43 heavy (non-hydrogen) atoms. The minimum Gasteiger partial charge on any atom is -0.474 e. The fourth-order valence-corrected chi connectivity index (χ4v) is 6.65. The van der Waals surface area contributed by atoms with Crippen molar-refractivity contribution in [3.05, 3.63) is 54.4 Å². The first-order valence-corrected chi connectivity index (χ1v) is 15.3. The van der Waals surface area contributed by atoms with Crippen molar-refractivity contribution in [1.29, 1.82) is 5.26 Å². The largest absolute Gasteiger partial charge is 0.474 e. The van der Waals surface area contributed by atoms with Crippen molar-refractivity contribution in [3.63, 3.8) is 0 Å². The van der Waals surface area contributed by atoms with Crippen LogP contribution < -0.4 is 14.5 Å². The highest BCUT2D eigenvalue weighted by molar-refractivity contribution is 5.95. The third kappa shape index (κ3) is 6.32. The summed E-state index contributed by atoms with van der Waals surface area (Å²) in [4.78, 5) is 30.7. The molecule has 226 valence electrons. The number of fused-ring (bicyclic) bond motifs is 2. The summed E-state index contributed by atoms with van der Waals surface area (Å²) >= 11 is 0. The van der Waals surface area contributed by atoms with Crippen molar-refractivity contribution in [3.8, 4) is 11.9 Å². The summed E-state index contributed by atoms with van der Waals surface area (Å²) in [6, 6.07) is 15.1. The molecule has 6 rings (SSSR count). The Kier molecular flexibility index (Phi) is 8.01. The fraction of sp³-hybridized carbons (Fsp3) is 0.515. The molecule has 3 saturated heterocycles. The summed E-state index contributed by atoms with van der Waals surface area (Å²) in [7, 11) is 0. The van der Waals surface area contributed by atoms with E-state index in [1.165, 1.54) is 0 Å². The molecule has 0 radical (unpaired) electrons. The molecule has 2 aromatic heterocycles. The van der Waals surface area contributed by atoms with Gasteiger partial charge in [-0.05, 0) is 64.4 Å². The van der Waals surface area contributed by atoms with Gasteiger partial charge in [-0.25, -0.2) is 9.78 Å². The van der Waals surface area contributed by atoms with Gasteiger partial charge in [0.15, 0.2) is 0 Å². The predicted octanol–water partition coefficient (Wildman–Crippen LogP) is 4.68. The number of aromatic nitrogens is 2. The number of benzene rings is 1. The summed E-state index contributed by atoms with van der Waals surface area (Å²) in [5, 5.41) is 10.6. The summed E-state index contributed by atoms with van der Waals surface area (Å²) in [6.07, 6.45) is 5.39. The Morgan fingerprint density at radius 1 is 1.00 bits per heavy atom. The van der Waals surface area contributed by atoms with E-state index in [1.807, 2.05) is 45.2 Å². The molecule has 1 amide bonds. The van der Waals surface area contributed by atoms with Crippen LogP contribution in [0.25, 0.3) is 10.9 Å². The molecular weight excluding hydrogens is 542 g/mol. The Bertz CT molecular complexity index is 1490. The summed E-state index contributed by atoms with van der Waals surface area (Å²) in [5.74, 6) is 0.652. The van der Waals surface area contributed by atoms with Gasteiger partial charge in [-0.15, -0.1) is 0 Å². The van der Waals surface area contributed by atoms with Gasteiger partial charge in [0, 0.05) is 87.7 Å². The number of carbonyl (C=O) groups is 1. The van der Waals surface area contributed by atoms with Crippen LogP contribution in [0.15, 0.2) is 48.8 Å². The molecule has 0 aliphatic carbocycles. The predicted molar refractivity (Wildman–Crippen MR) is 167 cm³/mol. The van der Waals surface area contributed by atoms with Gasteiger partial charge in [-0.2, -0.15) is 5.26 Å². The van der Waals surface area contributed by atoms with Crippen LogP contribution in [0.1, 0.15) is 46.1 Å². The molecule has 10 heteroatoms. The molecule has 3 aromatic rings. The highest BCUT2D eigenvalue weighted by Gasteiger charge is 2.38. The van der Waals surface area contributed by atoms with Gasteiger partial charge in [-0.3, -0.25) is 9.88 Å². The number of hydrogen-bond donors (Lipinski definition) is 0. The Labute approximate surface area is 253 Å². The Balaban J connectivity index is 1.06. The van der Waals surface area contributed by atoms with Crippen molar-refractivity contribution in [1.82, 2.24) is 19.8 Å². The number of hydrogen-bond acceptors (Lipinski definition) is 9. The van der Waals surface area contributed by atoms with E-state index < -0.39 is 5.60 Å². The quantitative estimate of drug-likeness (QED) is 0.434. The fourth-order valence-electron chi connectivity index (χ4n) is 6.65. The van der Waals surface area contributed by atoms with Crippen LogP contribution in [-0.2, 0) is 4.74 Å². The Morgan fingerprint density at radius 2 is 1.81 bits per heavy atom. The third-order valence-corrected chi connectivity index (χ3v) is 8.71. The molecule has 3 atom stereocenters. The number of ether oxygens (including phenoxy) is 2. The molecule has 3 aliphatic rings. The smallest absolute Gasteiger partial charge is 0.410 e. The molecule has 0 spiro atoms. The lowest BCUT2D eigenvalue weighted by molar-refractivity contribution is 0.0222. The number of piperidine rings is 1. The number of nitrogens with zero attached hydrogens (tertiary/aromatic N) is 7. The van der Waals surface area contributed by atoms with E-state index in [1.54, 1.807) is 11.1 Å². The lowest BCUT2D eigenvalue weighted by Gasteiger charge is -2.50. The van der Waals surface area contributed by atoms with Gasteiger partial charge in [0.25, 0.3) is 0 Å². The molecule has 0 saturated carbocycles. The SMILES string of the molecule is C[C@@H]1CN(c2ccc(C#N)c3ncccc23)C[C@@H]2CC(Oc3ccc(N4CCN(C(=O)OC(C)(C)C)CC4)cn3)CCN21. The van der Waals surface area contributed by atoms with Crippen molar-refractivity contribution >= 4 is 28.4 Å². The van der Waals surface area contributed by atoms with Crippen molar-refractivity contribution in [2.45, 2.75) is 64.3 Å². The van der Waals surface area contributed by atoms with Crippen LogP contribution in [0.3, 0.4) is 0 Å². The first kappa shape index (κ1) is 29.0. The normalized spacial score (nSPS) is 23.0. The zero-order valence-corrected chi connectivity index (χ0v) is 25.6. The second-order valence-electron chi connectivity index (χ2n) is 12.9. The summed E-state index contributed by atoms with van der Waals surface area (Å²) in [5.41, 5.74) is 3.06. The Morgan fingerprint density at radius 3 is 2.53 bits per heavy atom. The van der Waals surface area contributed by atoms with Gasteiger partial charge in [0.05, 0.1) is 23.0 Å². The van der Waals surface area contributed by atoms with Crippen molar-refractivity contribution in [2.75, 3.05) is 55.6 Å². The standard InChI is InChI=1S/C33H41N7O3/c1-23-21-39(29-9-7-24(19-34)31-28(29)6-5-12-35-31)22-26-18-27(11-13-40(23)26)42-30-10-8-25(20-36-30)37-14-16-38(17-15-37)32(41)43-33(2,3)4/h5-10,12,20,23,26-27H,11,13-18,21-22H2,1-4H3/t23-,26+,27?/m1/s1. The maximum atomic E-state index is 12.4. The minimum absolute atomic E-state index is 0.100. The van der Waals surface area contributed by atoms with E-state index in [4.69, 9.17) is 9.47 Å². The lowest BCUT2D eigenvalue weighted by atomic mass is 9.93. The minimum atomic E-state index is -0.489. The van der Waals surface area contributed by atoms with Gasteiger partial charge in [0.2, 0.25) is 5.88 Å². The molecule has 3 aliphatic heterocycles. The monoisotopic (exact) mass is 583 g/mol. The molecule has 1 aromatic carbocycles. The summed E-state index contributed by atoms with van der Waals surface area (Å²) in [6.45, 7) is 13.5. The number of anilines is 2. The number of nitriles is 1. The average molecular weight is 584 g/mol. The molecule has 3 fully saturated rings. The van der Waals surface area contributed by atoms with Crippen LogP contribution in [0.5, 0.6) is 5.88 Å². The number of rotatable bonds is 4. The maximum Gasteiger partial charge on any atom is 0.410 e. The molecule has 0 bridgehead atoms. The number of amides is 1. The summed E-state index contributed by atoms with van der Waals surface area (Å²) < 4.78 is 11.9. The zero-order chi connectivity index (χ0) is 30.1. The number of piperazine rings is 2. The van der Waals surface area contributed by atoms with E-state index in [0.29, 0.717) is 36.6 Å². The first-order valence-electron chi connectivity index (χ1n) is 15.3. The van der Waals surface area contributed by atoms with Crippen LogP contribution in [0.4, 0.5) is 16.2 Å². The van der Waals surface area contributed by atoms with E-state index >= 15 is 0 Å². The van der Waals surface area contributed by atoms with Gasteiger partial charge in [-0.1, -0.05) is 0 Å². The second kappa shape index (κ2) is 11.9. The van der Waals surface area contributed by atoms with Crippen molar-refractivity contribution < 1.29 is 14.3 Å². The third-order valence-electron chi connectivity index (χ3n) is 8.71. The molecular formula is C33H41N7O3. The maximum absolute atomic E-state index is 12.4. The molecule has 0 N–H and O–H groups in total. The molecule has 1 unspecified atom stereocenters. The van der Waals surface area contributed by atoms with E-state index in [9.17, 15) is 10.1 Å². The van der Waals surface area contributed by atoms with Crippen LogP contribution in [0, 0.1) is 11.3 Å². The Hall–Kier alpha value is -4.10. The van der Waals surface area contributed by atoms with E-state index in [-0.39, 0.29) is 12.2 Å². The molecule has 5 heterocycles. The van der Waals surface area contributed by atoms with Gasteiger partial charge < -0.3 is 24.2 Å². The van der Waals surface area contributed by atoms with E-state index in [0.717, 1.165) is 67.8 Å². The van der Waals surface area contributed by atoms with Gasteiger partial charge in [0.1, 0.15) is 17.8 Å². The first-order chi connectivity index (χ1) is 20.7. The number of pyridine rings is 2. The topological polar surface area (TPSA) is 98.1 Å². The highest BCUT2D eigenvalue weighted by atomic mass is 16.6. The molecule has 10 nitrogen and oxygen atoms in total. The highest BCUT2D eigenvalue weighted by Crippen LogP contribution is 2.34. The van der Waals surface area contributed by atoms with Crippen molar-refractivity contribution in [2.24, 2.45) is 0 Å². The zero-order valence-electron chi connectivity index (χ0n) is 25.6. The lowest BCUT2D eigenvalue weighted by Crippen LogP contribution is -2.61. The van der Waals surface area contributed by atoms with Crippen LogP contribution in [0.2, 0.25) is 0 Å². The second-order valence-corrected chi connectivity index (χ2v) is 12.9. The van der Waals surface area contributed by atoms with Crippen LogP contribution >= 0.6 is 0 Å².